The first-order chi connectivity index (χ1) is 14.9. The summed E-state index contributed by atoms with van der Waals surface area (Å²) in [4.78, 5) is 31.2. The highest BCUT2D eigenvalue weighted by Gasteiger charge is 2.28. The number of hydrogen-bond acceptors (Lipinski definition) is 4. The lowest BCUT2D eigenvalue weighted by molar-refractivity contribution is 0.0577. The fraction of sp³-hybridized carbons (Fsp3) is 0.318. The van der Waals surface area contributed by atoms with Crippen molar-refractivity contribution in [2.75, 3.05) is 11.4 Å². The van der Waals surface area contributed by atoms with Gasteiger partial charge in [0, 0.05) is 18.7 Å². The Balaban J connectivity index is 2.41. The summed E-state index contributed by atoms with van der Waals surface area (Å²) in [6.07, 6.45) is -0.518. The molecule has 1 heterocycles. The molecule has 0 spiro atoms. The minimum atomic E-state index is -1.13. The van der Waals surface area contributed by atoms with Gasteiger partial charge in [0.25, 0.3) is 5.56 Å². The third-order valence-corrected chi connectivity index (χ3v) is 4.28. The molecule has 0 aliphatic rings. The summed E-state index contributed by atoms with van der Waals surface area (Å²) in [6.45, 7) is 6.60. The number of nitrogens with zero attached hydrogens (tertiary/aromatic N) is 3. The number of hydrogen-bond donors (Lipinski definition) is 0. The standard InChI is InChI=1S/C22H21F4N3O3/c1-5-6-28(21(31)32-22(2,3)4)20-27-18-16(10-14(25)11-17(18)26)19(30)29(20)15-8-12(23)7-13(24)9-15/h7-11H,5-6H2,1-4H3. The number of carbonyl (C=O) groups is 1. The average Bonchev–Trinajstić information content (AvgIpc) is 2.64. The van der Waals surface area contributed by atoms with E-state index < -0.39 is 57.4 Å². The molecule has 0 aliphatic heterocycles. The summed E-state index contributed by atoms with van der Waals surface area (Å²) >= 11 is 0. The van der Waals surface area contributed by atoms with Gasteiger partial charge in [-0.1, -0.05) is 6.92 Å². The van der Waals surface area contributed by atoms with E-state index in [1.165, 1.54) is 0 Å². The molecule has 1 amide bonds. The van der Waals surface area contributed by atoms with Gasteiger partial charge in [0.1, 0.15) is 28.6 Å². The zero-order valence-electron chi connectivity index (χ0n) is 17.9. The normalized spacial score (nSPS) is 11.6. The van der Waals surface area contributed by atoms with Crippen LogP contribution in [0, 0.1) is 23.3 Å². The highest BCUT2D eigenvalue weighted by atomic mass is 19.1. The van der Waals surface area contributed by atoms with Crippen LogP contribution in [0.4, 0.5) is 28.3 Å². The summed E-state index contributed by atoms with van der Waals surface area (Å²) in [6, 6.07) is 3.59. The molecule has 170 valence electrons. The van der Waals surface area contributed by atoms with Crippen molar-refractivity contribution in [1.29, 1.82) is 0 Å². The Morgan fingerprint density at radius 1 is 1.03 bits per heavy atom. The maximum atomic E-state index is 14.5. The average molecular weight is 451 g/mol. The van der Waals surface area contributed by atoms with E-state index >= 15 is 0 Å². The van der Waals surface area contributed by atoms with Gasteiger partial charge < -0.3 is 4.74 Å². The Kier molecular flexibility index (Phi) is 6.25. The minimum Gasteiger partial charge on any atom is -0.443 e. The van der Waals surface area contributed by atoms with Crippen LogP contribution in [-0.2, 0) is 4.74 Å². The largest absolute Gasteiger partial charge is 0.443 e. The second-order valence-electron chi connectivity index (χ2n) is 8.10. The van der Waals surface area contributed by atoms with Crippen molar-refractivity contribution < 1.29 is 27.1 Å². The van der Waals surface area contributed by atoms with Crippen molar-refractivity contribution in [3.05, 3.63) is 64.0 Å². The summed E-state index contributed by atoms with van der Waals surface area (Å²) in [5, 5.41) is -0.462. The molecule has 0 bridgehead atoms. The van der Waals surface area contributed by atoms with E-state index in [2.05, 4.69) is 4.98 Å². The molecular weight excluding hydrogens is 430 g/mol. The van der Waals surface area contributed by atoms with Crippen LogP contribution in [0.25, 0.3) is 16.6 Å². The molecule has 6 nitrogen and oxygen atoms in total. The molecule has 0 atom stereocenters. The first-order valence-corrected chi connectivity index (χ1v) is 9.80. The number of aromatic nitrogens is 2. The van der Waals surface area contributed by atoms with Gasteiger partial charge in [0.05, 0.1) is 11.1 Å². The van der Waals surface area contributed by atoms with Gasteiger partial charge in [-0.05, 0) is 45.4 Å². The Labute approximate surface area is 181 Å². The van der Waals surface area contributed by atoms with E-state index in [0.717, 1.165) is 27.7 Å². The van der Waals surface area contributed by atoms with E-state index in [1.807, 2.05) is 0 Å². The predicted molar refractivity (Wildman–Crippen MR) is 111 cm³/mol. The van der Waals surface area contributed by atoms with Crippen LogP contribution in [0.3, 0.4) is 0 Å². The van der Waals surface area contributed by atoms with Crippen LogP contribution < -0.4 is 10.5 Å². The quantitative estimate of drug-likeness (QED) is 0.518. The fourth-order valence-electron chi connectivity index (χ4n) is 3.10. The molecule has 2 aromatic carbocycles. The van der Waals surface area contributed by atoms with Gasteiger partial charge in [0.2, 0.25) is 5.95 Å². The number of halogens is 4. The van der Waals surface area contributed by atoms with Crippen molar-refractivity contribution in [3.63, 3.8) is 0 Å². The van der Waals surface area contributed by atoms with Gasteiger partial charge in [-0.15, -0.1) is 0 Å². The Morgan fingerprint density at radius 2 is 1.62 bits per heavy atom. The summed E-state index contributed by atoms with van der Waals surface area (Å²) < 4.78 is 62.3. The molecule has 0 fully saturated rings. The van der Waals surface area contributed by atoms with Crippen LogP contribution in [0.15, 0.2) is 35.1 Å². The molecule has 10 heteroatoms. The number of ether oxygens (including phenoxy) is 1. The van der Waals surface area contributed by atoms with Crippen molar-refractivity contribution in [2.24, 2.45) is 0 Å². The van der Waals surface area contributed by atoms with Crippen LogP contribution in [0.5, 0.6) is 0 Å². The number of carbonyl (C=O) groups excluding carboxylic acids is 1. The number of fused-ring (bicyclic) bond motifs is 1. The molecule has 0 saturated carbocycles. The Bertz CT molecular complexity index is 1230. The number of anilines is 1. The van der Waals surface area contributed by atoms with Crippen molar-refractivity contribution in [2.45, 2.75) is 39.7 Å². The molecule has 0 aliphatic carbocycles. The zero-order valence-corrected chi connectivity index (χ0v) is 17.9. The smallest absolute Gasteiger partial charge is 0.417 e. The van der Waals surface area contributed by atoms with Crippen LogP contribution >= 0.6 is 0 Å². The van der Waals surface area contributed by atoms with E-state index in [4.69, 9.17) is 4.74 Å². The van der Waals surface area contributed by atoms with Crippen molar-refractivity contribution in [3.8, 4) is 5.69 Å². The lowest BCUT2D eigenvalue weighted by atomic mass is 10.2. The molecule has 0 saturated heterocycles. The van der Waals surface area contributed by atoms with Gasteiger partial charge in [-0.3, -0.25) is 4.79 Å². The molecule has 0 radical (unpaired) electrons. The zero-order chi connectivity index (χ0) is 23.8. The SMILES string of the molecule is CCCN(C(=O)OC(C)(C)C)c1nc2c(F)cc(F)cc2c(=O)n1-c1cc(F)cc(F)c1. The summed E-state index contributed by atoms with van der Waals surface area (Å²) in [7, 11) is 0. The molecule has 3 rings (SSSR count). The second kappa shape index (κ2) is 8.60. The summed E-state index contributed by atoms with van der Waals surface area (Å²) in [5.41, 5.74) is -2.74. The van der Waals surface area contributed by atoms with E-state index in [9.17, 15) is 27.2 Å². The number of amides is 1. The summed E-state index contributed by atoms with van der Waals surface area (Å²) in [5.74, 6) is -4.58. The maximum Gasteiger partial charge on any atom is 0.417 e. The molecule has 0 unspecified atom stereocenters. The third kappa shape index (κ3) is 4.74. The third-order valence-electron chi connectivity index (χ3n) is 4.28. The highest BCUT2D eigenvalue weighted by Crippen LogP contribution is 2.25. The lowest BCUT2D eigenvalue weighted by Gasteiger charge is -2.28. The van der Waals surface area contributed by atoms with Gasteiger partial charge in [0.15, 0.2) is 5.82 Å². The van der Waals surface area contributed by atoms with E-state index in [-0.39, 0.29) is 12.2 Å². The van der Waals surface area contributed by atoms with Gasteiger partial charge >= 0.3 is 6.09 Å². The monoisotopic (exact) mass is 451 g/mol. The van der Waals surface area contributed by atoms with Crippen molar-refractivity contribution in [1.82, 2.24) is 9.55 Å². The highest BCUT2D eigenvalue weighted by molar-refractivity contribution is 5.88. The van der Waals surface area contributed by atoms with E-state index in [1.54, 1.807) is 27.7 Å². The molecule has 3 aromatic rings. The molecular formula is C22H21F4N3O3. The van der Waals surface area contributed by atoms with E-state index in [0.29, 0.717) is 18.6 Å². The van der Waals surface area contributed by atoms with Crippen LogP contribution in [-0.4, -0.2) is 27.8 Å². The molecule has 1 aromatic heterocycles. The number of rotatable bonds is 4. The fourth-order valence-corrected chi connectivity index (χ4v) is 3.10. The predicted octanol–water partition coefficient (Wildman–Crippen LogP) is 5.09. The van der Waals surface area contributed by atoms with Gasteiger partial charge in [-0.25, -0.2) is 36.8 Å². The second-order valence-corrected chi connectivity index (χ2v) is 8.10. The number of benzene rings is 2. The lowest BCUT2D eigenvalue weighted by Crippen LogP contribution is -2.41. The van der Waals surface area contributed by atoms with Crippen LogP contribution in [0.1, 0.15) is 34.1 Å². The maximum absolute atomic E-state index is 14.5. The topological polar surface area (TPSA) is 64.4 Å². The first kappa shape index (κ1) is 23.2. The Morgan fingerprint density at radius 3 is 2.19 bits per heavy atom. The minimum absolute atomic E-state index is 0.00648. The first-order valence-electron chi connectivity index (χ1n) is 9.80. The molecule has 0 N–H and O–H groups in total. The Hall–Kier alpha value is -3.43. The van der Waals surface area contributed by atoms with Crippen molar-refractivity contribution >= 4 is 22.9 Å². The molecule has 32 heavy (non-hydrogen) atoms. The van der Waals surface area contributed by atoms with Crippen LogP contribution in [0.2, 0.25) is 0 Å². The van der Waals surface area contributed by atoms with Gasteiger partial charge in [-0.2, -0.15) is 0 Å².